The first-order valence-corrected chi connectivity index (χ1v) is 8.19. The second-order valence-electron chi connectivity index (χ2n) is 5.61. The van der Waals surface area contributed by atoms with Crippen LogP contribution in [0.4, 0.5) is 0 Å². The summed E-state index contributed by atoms with van der Waals surface area (Å²) in [5, 5.41) is 7.73. The van der Waals surface area contributed by atoms with Gasteiger partial charge in [-0.05, 0) is 44.7 Å². The molecule has 0 aliphatic carbocycles. The lowest BCUT2D eigenvalue weighted by Crippen LogP contribution is -2.17. The van der Waals surface area contributed by atoms with Crippen LogP contribution in [-0.4, -0.2) is 26.7 Å². The lowest BCUT2D eigenvalue weighted by molar-refractivity contribution is 0.318. The first-order valence-electron chi connectivity index (χ1n) is 7.31. The zero-order valence-electron chi connectivity index (χ0n) is 13.2. The van der Waals surface area contributed by atoms with E-state index in [1.807, 2.05) is 23.2 Å². The van der Waals surface area contributed by atoms with Gasteiger partial charge in [0.2, 0.25) is 0 Å². The summed E-state index contributed by atoms with van der Waals surface area (Å²) in [5.41, 5.74) is 4.60. The average molecular weight is 312 g/mol. The Hall–Kier alpha value is -1.98. The molecule has 0 saturated carbocycles. The molecule has 3 aromatic rings. The third-order valence-corrected chi connectivity index (χ3v) is 4.27. The third-order valence-electron chi connectivity index (χ3n) is 3.51. The summed E-state index contributed by atoms with van der Waals surface area (Å²) in [6.07, 6.45) is 1.86. The van der Waals surface area contributed by atoms with Gasteiger partial charge in [0.15, 0.2) is 0 Å². The van der Waals surface area contributed by atoms with Crippen molar-refractivity contribution in [2.24, 2.45) is 0 Å². The highest BCUT2D eigenvalue weighted by Gasteiger charge is 2.07. The van der Waals surface area contributed by atoms with Gasteiger partial charge >= 0.3 is 0 Å². The molecule has 0 amide bonds. The van der Waals surface area contributed by atoms with E-state index in [9.17, 15) is 0 Å². The zero-order valence-corrected chi connectivity index (χ0v) is 14.0. The number of thiazole rings is 1. The third kappa shape index (κ3) is 3.43. The molecule has 1 aromatic carbocycles. The summed E-state index contributed by atoms with van der Waals surface area (Å²) in [6.45, 7) is 5.88. The highest BCUT2D eigenvalue weighted by molar-refractivity contribution is 7.09. The number of hydrogen-bond acceptors (Lipinski definition) is 4. The molecule has 0 spiro atoms. The van der Waals surface area contributed by atoms with Crippen molar-refractivity contribution in [3.8, 4) is 5.69 Å². The van der Waals surface area contributed by atoms with E-state index in [-0.39, 0.29) is 0 Å². The molecule has 0 aliphatic rings. The Kier molecular flexibility index (Phi) is 4.36. The van der Waals surface area contributed by atoms with Gasteiger partial charge in [0, 0.05) is 23.8 Å². The maximum Gasteiger partial charge on any atom is 0.107 e. The van der Waals surface area contributed by atoms with Crippen LogP contribution in [-0.2, 0) is 13.1 Å². The average Bonchev–Trinajstić information content (AvgIpc) is 3.08. The monoisotopic (exact) mass is 312 g/mol. The molecular formula is C17H20N4S. The number of aromatic nitrogens is 3. The molecule has 5 heteroatoms. The van der Waals surface area contributed by atoms with Crippen LogP contribution in [0.5, 0.6) is 0 Å². The SMILES string of the molecule is Cc1cc(C)n(-c2cccc(CN(C)Cc3nccs3)c2)n1. The van der Waals surface area contributed by atoms with Crippen molar-refractivity contribution in [1.82, 2.24) is 19.7 Å². The van der Waals surface area contributed by atoms with E-state index in [1.54, 1.807) is 11.3 Å². The molecule has 0 radical (unpaired) electrons. The molecule has 0 N–H and O–H groups in total. The molecule has 3 rings (SSSR count). The van der Waals surface area contributed by atoms with Gasteiger partial charge in [-0.1, -0.05) is 12.1 Å². The fourth-order valence-corrected chi connectivity index (χ4v) is 3.30. The second kappa shape index (κ2) is 6.42. The maximum absolute atomic E-state index is 4.56. The van der Waals surface area contributed by atoms with E-state index in [0.717, 1.165) is 35.2 Å². The van der Waals surface area contributed by atoms with Crippen molar-refractivity contribution in [3.05, 3.63) is 63.9 Å². The van der Waals surface area contributed by atoms with Crippen LogP contribution in [0.15, 0.2) is 41.9 Å². The number of nitrogens with zero attached hydrogens (tertiary/aromatic N) is 4. The van der Waals surface area contributed by atoms with Gasteiger partial charge in [-0.3, -0.25) is 4.90 Å². The molecule has 0 atom stereocenters. The summed E-state index contributed by atoms with van der Waals surface area (Å²) in [5.74, 6) is 0. The van der Waals surface area contributed by atoms with Gasteiger partial charge in [-0.25, -0.2) is 9.67 Å². The summed E-state index contributed by atoms with van der Waals surface area (Å²) in [4.78, 5) is 6.62. The molecule has 0 aliphatic heterocycles. The van der Waals surface area contributed by atoms with E-state index < -0.39 is 0 Å². The summed E-state index contributed by atoms with van der Waals surface area (Å²) in [6, 6.07) is 10.7. The molecular weight excluding hydrogens is 292 g/mol. The second-order valence-corrected chi connectivity index (χ2v) is 6.59. The van der Waals surface area contributed by atoms with Crippen molar-refractivity contribution in [2.45, 2.75) is 26.9 Å². The van der Waals surface area contributed by atoms with Gasteiger partial charge < -0.3 is 0 Å². The number of benzene rings is 1. The van der Waals surface area contributed by atoms with E-state index >= 15 is 0 Å². The highest BCUT2D eigenvalue weighted by atomic mass is 32.1. The molecule has 22 heavy (non-hydrogen) atoms. The molecule has 0 fully saturated rings. The van der Waals surface area contributed by atoms with E-state index in [1.165, 1.54) is 5.56 Å². The van der Waals surface area contributed by atoms with Crippen LogP contribution in [0.25, 0.3) is 5.69 Å². The maximum atomic E-state index is 4.56. The zero-order chi connectivity index (χ0) is 15.5. The topological polar surface area (TPSA) is 34.0 Å². The van der Waals surface area contributed by atoms with E-state index in [4.69, 9.17) is 0 Å². The summed E-state index contributed by atoms with van der Waals surface area (Å²) in [7, 11) is 2.12. The lowest BCUT2D eigenvalue weighted by Gasteiger charge is -2.16. The van der Waals surface area contributed by atoms with Crippen LogP contribution in [0.1, 0.15) is 22.0 Å². The fourth-order valence-electron chi connectivity index (χ4n) is 2.61. The molecule has 2 aromatic heterocycles. The molecule has 0 bridgehead atoms. The normalized spacial score (nSPS) is 11.3. The Morgan fingerprint density at radius 2 is 2.05 bits per heavy atom. The smallest absolute Gasteiger partial charge is 0.107 e. The Bertz CT molecular complexity index is 746. The van der Waals surface area contributed by atoms with Gasteiger partial charge in [0.1, 0.15) is 5.01 Å². The number of aryl methyl sites for hydroxylation is 2. The summed E-state index contributed by atoms with van der Waals surface area (Å²) < 4.78 is 2.00. The minimum atomic E-state index is 0.877. The standard InChI is InChI=1S/C17H20N4S/c1-13-9-14(2)21(19-13)16-6-4-5-15(10-16)11-20(3)12-17-18-7-8-22-17/h4-10H,11-12H2,1-3H3. The predicted octanol–water partition coefficient (Wildman–Crippen LogP) is 3.58. The molecule has 114 valence electrons. The number of hydrogen-bond donors (Lipinski definition) is 0. The van der Waals surface area contributed by atoms with Gasteiger partial charge in [-0.15, -0.1) is 11.3 Å². The van der Waals surface area contributed by atoms with Crippen molar-refractivity contribution < 1.29 is 0 Å². The van der Waals surface area contributed by atoms with Crippen LogP contribution in [0, 0.1) is 13.8 Å². The molecule has 2 heterocycles. The Morgan fingerprint density at radius 1 is 1.18 bits per heavy atom. The van der Waals surface area contributed by atoms with Crippen LogP contribution in [0.2, 0.25) is 0 Å². The predicted molar refractivity (Wildman–Crippen MR) is 90.3 cm³/mol. The van der Waals surface area contributed by atoms with Crippen LogP contribution < -0.4 is 0 Å². The minimum Gasteiger partial charge on any atom is -0.295 e. The Morgan fingerprint density at radius 3 is 2.73 bits per heavy atom. The first kappa shape index (κ1) is 14.9. The largest absolute Gasteiger partial charge is 0.295 e. The van der Waals surface area contributed by atoms with Crippen LogP contribution >= 0.6 is 11.3 Å². The first-order chi connectivity index (χ1) is 10.6. The summed E-state index contributed by atoms with van der Waals surface area (Å²) >= 11 is 1.70. The minimum absolute atomic E-state index is 0.877. The quantitative estimate of drug-likeness (QED) is 0.722. The van der Waals surface area contributed by atoms with E-state index in [2.05, 4.69) is 59.3 Å². The molecule has 0 unspecified atom stereocenters. The van der Waals surface area contributed by atoms with Gasteiger partial charge in [0.05, 0.1) is 17.9 Å². The number of rotatable bonds is 5. The Balaban J connectivity index is 1.75. The molecule has 0 saturated heterocycles. The van der Waals surface area contributed by atoms with Crippen molar-refractivity contribution in [3.63, 3.8) is 0 Å². The van der Waals surface area contributed by atoms with Crippen molar-refractivity contribution in [1.29, 1.82) is 0 Å². The van der Waals surface area contributed by atoms with Crippen molar-refractivity contribution in [2.75, 3.05) is 7.05 Å². The van der Waals surface area contributed by atoms with Gasteiger partial charge in [-0.2, -0.15) is 5.10 Å². The molecule has 4 nitrogen and oxygen atoms in total. The highest BCUT2D eigenvalue weighted by Crippen LogP contribution is 2.16. The van der Waals surface area contributed by atoms with E-state index in [0.29, 0.717) is 0 Å². The Labute approximate surface area is 135 Å². The van der Waals surface area contributed by atoms with Crippen molar-refractivity contribution >= 4 is 11.3 Å². The van der Waals surface area contributed by atoms with Gasteiger partial charge in [0.25, 0.3) is 0 Å². The fraction of sp³-hybridized carbons (Fsp3) is 0.294. The lowest BCUT2D eigenvalue weighted by atomic mass is 10.2. The van der Waals surface area contributed by atoms with Crippen LogP contribution in [0.3, 0.4) is 0 Å².